The molecular weight excluding hydrogens is 323 g/mol. The molecule has 0 saturated carbocycles. The molecule has 2 N–H and O–H groups in total. The van der Waals surface area contributed by atoms with Gasteiger partial charge in [0.05, 0.1) is 16.2 Å². The molecular formula is C16H10Cl2N2O2. The van der Waals surface area contributed by atoms with Gasteiger partial charge >= 0.3 is 0 Å². The molecule has 1 amide bonds. The minimum Gasteiger partial charge on any atom is -0.360 e. The maximum absolute atomic E-state index is 12.4. The second-order valence-electron chi connectivity index (χ2n) is 4.66. The molecule has 0 radical (unpaired) electrons. The second kappa shape index (κ2) is 5.83. The number of fused-ring (bicyclic) bond motifs is 1. The van der Waals surface area contributed by atoms with Crippen molar-refractivity contribution >= 4 is 45.7 Å². The smallest absolute Gasteiger partial charge is 0.261 e. The first-order valence-corrected chi connectivity index (χ1v) is 7.18. The Bertz CT molecular complexity index is 935. The van der Waals surface area contributed by atoms with Crippen molar-refractivity contribution in [2.75, 3.05) is 5.32 Å². The topological polar surface area (TPSA) is 62.0 Å². The van der Waals surface area contributed by atoms with Crippen LogP contribution in [0, 0.1) is 0 Å². The Morgan fingerprint density at radius 2 is 1.86 bits per heavy atom. The van der Waals surface area contributed by atoms with Crippen LogP contribution in [0.5, 0.6) is 0 Å². The zero-order valence-corrected chi connectivity index (χ0v) is 12.7. The van der Waals surface area contributed by atoms with E-state index in [9.17, 15) is 9.59 Å². The van der Waals surface area contributed by atoms with Crippen LogP contribution in [-0.2, 0) is 0 Å². The van der Waals surface area contributed by atoms with E-state index in [1.165, 1.54) is 6.20 Å². The molecule has 4 nitrogen and oxygen atoms in total. The fraction of sp³-hybridized carbons (Fsp3) is 0. The number of aromatic nitrogens is 1. The summed E-state index contributed by atoms with van der Waals surface area (Å²) in [6.07, 6.45) is 1.37. The number of hydrogen-bond acceptors (Lipinski definition) is 2. The van der Waals surface area contributed by atoms with Gasteiger partial charge < -0.3 is 10.3 Å². The van der Waals surface area contributed by atoms with Crippen molar-refractivity contribution in [2.24, 2.45) is 0 Å². The Hall–Kier alpha value is -2.30. The molecule has 0 aliphatic rings. The Morgan fingerprint density at radius 1 is 1.09 bits per heavy atom. The van der Waals surface area contributed by atoms with Crippen molar-refractivity contribution in [3.05, 3.63) is 74.5 Å². The van der Waals surface area contributed by atoms with E-state index in [0.717, 1.165) is 0 Å². The minimum absolute atomic E-state index is 0.00902. The summed E-state index contributed by atoms with van der Waals surface area (Å²) in [7, 11) is 0. The molecule has 0 spiro atoms. The lowest BCUT2D eigenvalue weighted by molar-refractivity contribution is 0.102. The van der Waals surface area contributed by atoms with Gasteiger partial charge in [-0.15, -0.1) is 0 Å². The predicted octanol–water partition coefficient (Wildman–Crippen LogP) is 4.09. The zero-order chi connectivity index (χ0) is 15.7. The van der Waals surface area contributed by atoms with Crippen LogP contribution in [0.3, 0.4) is 0 Å². The number of H-pyrrole nitrogens is 1. The van der Waals surface area contributed by atoms with Gasteiger partial charge in [-0.2, -0.15) is 0 Å². The van der Waals surface area contributed by atoms with Gasteiger partial charge in [0.1, 0.15) is 5.56 Å². The average Bonchev–Trinajstić information content (AvgIpc) is 2.49. The Balaban J connectivity index is 2.01. The summed E-state index contributed by atoms with van der Waals surface area (Å²) in [6.45, 7) is 0. The number of para-hydroxylation sites is 1. The summed E-state index contributed by atoms with van der Waals surface area (Å²) >= 11 is 11.9. The first-order chi connectivity index (χ1) is 10.6. The maximum atomic E-state index is 12.4. The molecule has 0 unspecified atom stereocenters. The number of nitrogens with one attached hydrogen (secondary N) is 2. The molecule has 1 aromatic heterocycles. The van der Waals surface area contributed by atoms with Gasteiger partial charge in [-0.3, -0.25) is 9.59 Å². The van der Waals surface area contributed by atoms with Gasteiger partial charge in [0, 0.05) is 16.6 Å². The fourth-order valence-electron chi connectivity index (χ4n) is 2.12. The standard InChI is InChI=1S/C16H10Cl2N2O2/c17-9-5-6-10-14(7-9)19-8-11(15(10)21)16(22)20-13-4-2-1-3-12(13)18/h1-8H,(H,19,21)(H,20,22). The van der Waals surface area contributed by atoms with Crippen LogP contribution in [0.4, 0.5) is 5.69 Å². The molecule has 0 aliphatic heterocycles. The SMILES string of the molecule is O=C(Nc1ccccc1Cl)c1c[nH]c2cc(Cl)ccc2c1=O. The zero-order valence-electron chi connectivity index (χ0n) is 11.2. The third-order valence-electron chi connectivity index (χ3n) is 3.21. The van der Waals surface area contributed by atoms with Crippen LogP contribution in [-0.4, -0.2) is 10.9 Å². The fourth-order valence-corrected chi connectivity index (χ4v) is 2.47. The van der Waals surface area contributed by atoms with Gasteiger partial charge in [0.2, 0.25) is 5.43 Å². The number of anilines is 1. The molecule has 0 aliphatic carbocycles. The number of halogens is 2. The summed E-state index contributed by atoms with van der Waals surface area (Å²) in [4.78, 5) is 27.6. The lowest BCUT2D eigenvalue weighted by Gasteiger charge is -2.07. The quantitative estimate of drug-likeness (QED) is 0.742. The summed E-state index contributed by atoms with van der Waals surface area (Å²) in [5.41, 5.74) is 0.668. The highest BCUT2D eigenvalue weighted by atomic mass is 35.5. The molecule has 0 bridgehead atoms. The Morgan fingerprint density at radius 3 is 2.64 bits per heavy atom. The van der Waals surface area contributed by atoms with Crippen molar-refractivity contribution < 1.29 is 4.79 Å². The average molecular weight is 333 g/mol. The van der Waals surface area contributed by atoms with E-state index in [1.54, 1.807) is 42.5 Å². The van der Waals surface area contributed by atoms with Crippen LogP contribution in [0.15, 0.2) is 53.5 Å². The third-order valence-corrected chi connectivity index (χ3v) is 3.77. The molecule has 0 fully saturated rings. The van der Waals surface area contributed by atoms with Crippen LogP contribution in [0.2, 0.25) is 10.0 Å². The van der Waals surface area contributed by atoms with Crippen LogP contribution >= 0.6 is 23.2 Å². The van der Waals surface area contributed by atoms with Gasteiger partial charge in [-0.25, -0.2) is 0 Å². The molecule has 0 atom stereocenters. The highest BCUT2D eigenvalue weighted by Gasteiger charge is 2.14. The van der Waals surface area contributed by atoms with Crippen molar-refractivity contribution in [3.8, 4) is 0 Å². The number of benzene rings is 2. The maximum Gasteiger partial charge on any atom is 0.261 e. The van der Waals surface area contributed by atoms with Crippen molar-refractivity contribution in [3.63, 3.8) is 0 Å². The number of amides is 1. The van der Waals surface area contributed by atoms with Gasteiger partial charge in [0.25, 0.3) is 5.91 Å². The molecule has 1 heterocycles. The molecule has 3 rings (SSSR count). The lowest BCUT2D eigenvalue weighted by atomic mass is 10.1. The number of carbonyl (C=O) groups excluding carboxylic acids is 1. The van der Waals surface area contributed by atoms with E-state index in [-0.39, 0.29) is 11.0 Å². The normalized spacial score (nSPS) is 10.6. The lowest BCUT2D eigenvalue weighted by Crippen LogP contribution is -2.22. The van der Waals surface area contributed by atoms with Gasteiger partial charge in [-0.1, -0.05) is 35.3 Å². The minimum atomic E-state index is -0.522. The summed E-state index contributed by atoms with van der Waals surface area (Å²) < 4.78 is 0. The van der Waals surface area contributed by atoms with Crippen molar-refractivity contribution in [1.29, 1.82) is 0 Å². The number of carbonyl (C=O) groups is 1. The number of rotatable bonds is 2. The number of hydrogen-bond donors (Lipinski definition) is 2. The monoisotopic (exact) mass is 332 g/mol. The van der Waals surface area contributed by atoms with E-state index in [1.807, 2.05) is 0 Å². The van der Waals surface area contributed by atoms with Gasteiger partial charge in [-0.05, 0) is 30.3 Å². The molecule has 6 heteroatoms. The first-order valence-electron chi connectivity index (χ1n) is 6.43. The summed E-state index contributed by atoms with van der Waals surface area (Å²) in [5, 5.41) is 3.94. The molecule has 2 aromatic carbocycles. The van der Waals surface area contributed by atoms with E-state index in [0.29, 0.717) is 26.6 Å². The molecule has 0 saturated heterocycles. The van der Waals surface area contributed by atoms with E-state index >= 15 is 0 Å². The summed E-state index contributed by atoms with van der Waals surface area (Å²) in [6, 6.07) is 11.6. The van der Waals surface area contributed by atoms with E-state index in [2.05, 4.69) is 10.3 Å². The van der Waals surface area contributed by atoms with Crippen LogP contribution < -0.4 is 10.7 Å². The molecule has 110 valence electrons. The first kappa shape index (κ1) is 14.6. The van der Waals surface area contributed by atoms with Crippen molar-refractivity contribution in [2.45, 2.75) is 0 Å². The Kier molecular flexibility index (Phi) is 3.88. The highest BCUT2D eigenvalue weighted by Crippen LogP contribution is 2.21. The predicted molar refractivity (Wildman–Crippen MR) is 89.0 cm³/mol. The molecule has 22 heavy (non-hydrogen) atoms. The third kappa shape index (κ3) is 2.71. The van der Waals surface area contributed by atoms with Crippen molar-refractivity contribution in [1.82, 2.24) is 4.98 Å². The van der Waals surface area contributed by atoms with Crippen LogP contribution in [0.25, 0.3) is 10.9 Å². The van der Waals surface area contributed by atoms with Crippen LogP contribution in [0.1, 0.15) is 10.4 Å². The van der Waals surface area contributed by atoms with E-state index < -0.39 is 5.91 Å². The van der Waals surface area contributed by atoms with Gasteiger partial charge in [0.15, 0.2) is 0 Å². The number of aromatic amines is 1. The molecule has 3 aromatic rings. The number of pyridine rings is 1. The van der Waals surface area contributed by atoms with E-state index in [4.69, 9.17) is 23.2 Å². The summed E-state index contributed by atoms with van der Waals surface area (Å²) in [5.74, 6) is -0.522. The highest BCUT2D eigenvalue weighted by molar-refractivity contribution is 6.34. The largest absolute Gasteiger partial charge is 0.360 e. The second-order valence-corrected chi connectivity index (χ2v) is 5.50. The Labute approximate surface area is 135 Å².